The van der Waals surface area contributed by atoms with E-state index in [1.807, 2.05) is 0 Å². The molecule has 0 saturated carbocycles. The molecular formula is C11H14F2O4. The Balaban J connectivity index is 3.08. The summed E-state index contributed by atoms with van der Waals surface area (Å²) in [6.45, 7) is 1.38. The first kappa shape index (κ1) is 13.6. The molecule has 1 aliphatic rings. The minimum absolute atomic E-state index is 0.153. The standard InChI is InChI=1S/C11H14F2O4/c1-10(8(14)15)3-2-4-11(6-10,9(16)17)5-7(12)13/h2,4,7H,3,5-6H2,1H3,(H,14,15)(H,16,17). The molecule has 2 atom stereocenters. The van der Waals surface area contributed by atoms with Crippen LogP contribution in [0.15, 0.2) is 12.2 Å². The van der Waals surface area contributed by atoms with Crippen LogP contribution >= 0.6 is 0 Å². The second kappa shape index (κ2) is 4.43. The van der Waals surface area contributed by atoms with Crippen LogP contribution in [0, 0.1) is 10.8 Å². The molecule has 4 nitrogen and oxygen atoms in total. The van der Waals surface area contributed by atoms with Crippen molar-refractivity contribution in [3.63, 3.8) is 0 Å². The van der Waals surface area contributed by atoms with Crippen LogP contribution in [0.1, 0.15) is 26.2 Å². The Labute approximate surface area is 96.9 Å². The number of hydrogen-bond donors (Lipinski definition) is 2. The van der Waals surface area contributed by atoms with Crippen LogP contribution in [0.4, 0.5) is 8.78 Å². The summed E-state index contributed by atoms with van der Waals surface area (Å²) < 4.78 is 24.9. The van der Waals surface area contributed by atoms with E-state index in [9.17, 15) is 18.4 Å². The molecule has 0 bridgehead atoms. The minimum Gasteiger partial charge on any atom is -0.481 e. The Kier molecular flexibility index (Phi) is 3.54. The summed E-state index contributed by atoms with van der Waals surface area (Å²) in [5, 5.41) is 18.1. The first-order chi connectivity index (χ1) is 7.72. The largest absolute Gasteiger partial charge is 0.481 e. The van der Waals surface area contributed by atoms with Crippen molar-refractivity contribution in [2.75, 3.05) is 0 Å². The molecule has 1 rings (SSSR count). The number of allylic oxidation sites excluding steroid dienone is 1. The molecule has 0 saturated heterocycles. The smallest absolute Gasteiger partial charge is 0.313 e. The van der Waals surface area contributed by atoms with Crippen LogP contribution in [0.3, 0.4) is 0 Å². The van der Waals surface area contributed by atoms with Gasteiger partial charge in [0.2, 0.25) is 6.43 Å². The monoisotopic (exact) mass is 248 g/mol. The van der Waals surface area contributed by atoms with Crippen molar-refractivity contribution in [2.24, 2.45) is 10.8 Å². The predicted molar refractivity (Wildman–Crippen MR) is 54.8 cm³/mol. The molecule has 0 aromatic carbocycles. The zero-order valence-corrected chi connectivity index (χ0v) is 9.32. The van der Waals surface area contributed by atoms with Crippen molar-refractivity contribution >= 4 is 11.9 Å². The number of rotatable bonds is 4. The van der Waals surface area contributed by atoms with Gasteiger partial charge >= 0.3 is 11.9 Å². The Morgan fingerprint density at radius 3 is 2.35 bits per heavy atom. The molecule has 6 heteroatoms. The van der Waals surface area contributed by atoms with Crippen LogP contribution in [0.2, 0.25) is 0 Å². The van der Waals surface area contributed by atoms with Gasteiger partial charge in [-0.05, 0) is 19.8 Å². The van der Waals surface area contributed by atoms with Crippen LogP contribution in [0.25, 0.3) is 0 Å². The fourth-order valence-electron chi connectivity index (χ4n) is 2.18. The summed E-state index contributed by atoms with van der Waals surface area (Å²) in [7, 11) is 0. The highest BCUT2D eigenvalue weighted by atomic mass is 19.3. The number of carboxylic acid groups (broad SMARTS) is 2. The Bertz CT molecular complexity index is 366. The van der Waals surface area contributed by atoms with Gasteiger partial charge in [0.25, 0.3) is 0 Å². The lowest BCUT2D eigenvalue weighted by Gasteiger charge is -2.37. The normalized spacial score (nSPS) is 32.7. The van der Waals surface area contributed by atoms with E-state index in [-0.39, 0.29) is 12.8 Å². The van der Waals surface area contributed by atoms with Gasteiger partial charge in [0.15, 0.2) is 0 Å². The maximum atomic E-state index is 12.4. The van der Waals surface area contributed by atoms with E-state index < -0.39 is 35.6 Å². The summed E-state index contributed by atoms with van der Waals surface area (Å²) in [6.07, 6.45) is -1.24. The highest BCUT2D eigenvalue weighted by Crippen LogP contribution is 2.46. The molecule has 2 N–H and O–H groups in total. The number of halogens is 2. The Morgan fingerprint density at radius 2 is 1.94 bits per heavy atom. The van der Waals surface area contributed by atoms with Gasteiger partial charge in [-0.1, -0.05) is 12.2 Å². The molecule has 0 aromatic heterocycles. The minimum atomic E-state index is -2.79. The van der Waals surface area contributed by atoms with Crippen molar-refractivity contribution in [3.8, 4) is 0 Å². The maximum Gasteiger partial charge on any atom is 0.313 e. The van der Waals surface area contributed by atoms with E-state index in [0.717, 1.165) is 0 Å². The zero-order chi connectivity index (χ0) is 13.3. The Morgan fingerprint density at radius 1 is 1.35 bits per heavy atom. The predicted octanol–water partition coefficient (Wildman–Crippen LogP) is 2.15. The average Bonchev–Trinajstić information content (AvgIpc) is 2.16. The molecule has 0 radical (unpaired) electrons. The van der Waals surface area contributed by atoms with Gasteiger partial charge in [-0.25, -0.2) is 8.78 Å². The topological polar surface area (TPSA) is 74.6 Å². The summed E-state index contributed by atoms with van der Waals surface area (Å²) in [4.78, 5) is 22.2. The number of carboxylic acids is 2. The Hall–Kier alpha value is -1.46. The molecule has 1 aliphatic carbocycles. The lowest BCUT2D eigenvalue weighted by molar-refractivity contribution is -0.157. The first-order valence-corrected chi connectivity index (χ1v) is 5.14. The molecule has 0 heterocycles. The highest BCUT2D eigenvalue weighted by Gasteiger charge is 2.49. The summed E-state index contributed by atoms with van der Waals surface area (Å²) in [5.74, 6) is -2.57. The van der Waals surface area contributed by atoms with E-state index in [1.54, 1.807) is 0 Å². The molecule has 96 valence electrons. The lowest BCUT2D eigenvalue weighted by Crippen LogP contribution is -2.42. The van der Waals surface area contributed by atoms with Crippen molar-refractivity contribution < 1.29 is 28.6 Å². The van der Waals surface area contributed by atoms with Crippen molar-refractivity contribution in [2.45, 2.75) is 32.6 Å². The van der Waals surface area contributed by atoms with Gasteiger partial charge in [-0.15, -0.1) is 0 Å². The molecule has 0 spiro atoms. The molecule has 0 aliphatic heterocycles. The van der Waals surface area contributed by atoms with E-state index >= 15 is 0 Å². The van der Waals surface area contributed by atoms with Gasteiger partial charge in [-0.2, -0.15) is 0 Å². The first-order valence-electron chi connectivity index (χ1n) is 5.14. The molecule has 0 amide bonds. The van der Waals surface area contributed by atoms with E-state index in [4.69, 9.17) is 10.2 Å². The van der Waals surface area contributed by atoms with Gasteiger partial charge in [-0.3, -0.25) is 9.59 Å². The number of hydrogen-bond acceptors (Lipinski definition) is 2. The quantitative estimate of drug-likeness (QED) is 0.747. The summed E-state index contributed by atoms with van der Waals surface area (Å²) >= 11 is 0. The summed E-state index contributed by atoms with van der Waals surface area (Å²) in [5.41, 5.74) is -3.08. The SMILES string of the molecule is CC1(C(=O)O)CC=CC(CC(F)F)(C(=O)O)C1. The molecule has 17 heavy (non-hydrogen) atoms. The van der Waals surface area contributed by atoms with E-state index in [2.05, 4.69) is 0 Å². The van der Waals surface area contributed by atoms with Crippen molar-refractivity contribution in [3.05, 3.63) is 12.2 Å². The third-order valence-corrected chi connectivity index (χ3v) is 3.17. The van der Waals surface area contributed by atoms with Gasteiger partial charge in [0, 0.05) is 6.42 Å². The second-order valence-corrected chi connectivity index (χ2v) is 4.71. The van der Waals surface area contributed by atoms with Gasteiger partial charge in [0.1, 0.15) is 0 Å². The van der Waals surface area contributed by atoms with Crippen LogP contribution < -0.4 is 0 Å². The van der Waals surface area contributed by atoms with Crippen LogP contribution in [0.5, 0.6) is 0 Å². The third-order valence-electron chi connectivity index (χ3n) is 3.17. The van der Waals surface area contributed by atoms with Gasteiger partial charge in [0.05, 0.1) is 10.8 Å². The molecule has 0 fully saturated rings. The number of carbonyl (C=O) groups is 2. The molecular weight excluding hydrogens is 234 g/mol. The zero-order valence-electron chi connectivity index (χ0n) is 9.32. The van der Waals surface area contributed by atoms with Crippen LogP contribution in [-0.4, -0.2) is 28.6 Å². The highest BCUT2D eigenvalue weighted by molar-refractivity contribution is 5.81. The fraction of sp³-hybridized carbons (Fsp3) is 0.636. The number of alkyl halides is 2. The van der Waals surface area contributed by atoms with E-state index in [0.29, 0.717) is 0 Å². The van der Waals surface area contributed by atoms with Crippen molar-refractivity contribution in [1.29, 1.82) is 0 Å². The van der Waals surface area contributed by atoms with Gasteiger partial charge < -0.3 is 10.2 Å². The fourth-order valence-corrected chi connectivity index (χ4v) is 2.18. The lowest BCUT2D eigenvalue weighted by atomic mass is 9.65. The second-order valence-electron chi connectivity index (χ2n) is 4.71. The average molecular weight is 248 g/mol. The maximum absolute atomic E-state index is 12.4. The molecule has 2 unspecified atom stereocenters. The van der Waals surface area contributed by atoms with Crippen LogP contribution in [-0.2, 0) is 9.59 Å². The van der Waals surface area contributed by atoms with Crippen molar-refractivity contribution in [1.82, 2.24) is 0 Å². The number of aliphatic carboxylic acids is 2. The van der Waals surface area contributed by atoms with E-state index in [1.165, 1.54) is 19.1 Å². The summed E-state index contributed by atoms with van der Waals surface area (Å²) in [6, 6.07) is 0. The third kappa shape index (κ3) is 2.62. The molecule has 0 aromatic rings.